The van der Waals surface area contributed by atoms with Gasteiger partial charge in [0.2, 0.25) is 10.0 Å². The van der Waals surface area contributed by atoms with E-state index in [4.69, 9.17) is 11.6 Å². The van der Waals surface area contributed by atoms with Crippen LogP contribution in [0.4, 0.5) is 0 Å². The molecule has 33 heavy (non-hydrogen) atoms. The molecule has 0 saturated carbocycles. The number of hydrogen-bond donors (Lipinski definition) is 1. The van der Waals surface area contributed by atoms with Gasteiger partial charge in [-0.3, -0.25) is 9.69 Å². The molecule has 6 nitrogen and oxygen atoms in total. The van der Waals surface area contributed by atoms with Crippen LogP contribution >= 0.6 is 11.6 Å². The smallest absolute Gasteiger partial charge is 0.251 e. The third-order valence-electron chi connectivity index (χ3n) is 6.60. The van der Waals surface area contributed by atoms with Gasteiger partial charge in [-0.25, -0.2) is 8.42 Å². The average molecular weight is 490 g/mol. The Bertz CT molecular complexity index is 1070. The topological polar surface area (TPSA) is 69.7 Å². The van der Waals surface area contributed by atoms with Crippen LogP contribution in [-0.2, 0) is 16.6 Å². The Morgan fingerprint density at radius 3 is 2.48 bits per heavy atom. The van der Waals surface area contributed by atoms with Crippen molar-refractivity contribution < 1.29 is 13.2 Å². The third-order valence-corrected chi connectivity index (χ3v) is 8.95. The maximum absolute atomic E-state index is 13.2. The van der Waals surface area contributed by atoms with E-state index in [1.165, 1.54) is 22.0 Å². The largest absolute Gasteiger partial charge is 0.349 e. The van der Waals surface area contributed by atoms with Crippen molar-refractivity contribution in [2.24, 2.45) is 5.92 Å². The van der Waals surface area contributed by atoms with E-state index >= 15 is 0 Å². The molecule has 2 heterocycles. The van der Waals surface area contributed by atoms with Gasteiger partial charge in [-0.2, -0.15) is 4.31 Å². The summed E-state index contributed by atoms with van der Waals surface area (Å²) < 4.78 is 27.9. The first-order chi connectivity index (χ1) is 15.8. The van der Waals surface area contributed by atoms with Gasteiger partial charge >= 0.3 is 0 Å². The highest BCUT2D eigenvalue weighted by Gasteiger charge is 2.31. The number of nitrogens with one attached hydrogen (secondary N) is 1. The van der Waals surface area contributed by atoms with Crippen molar-refractivity contribution in [3.8, 4) is 0 Å². The van der Waals surface area contributed by atoms with Gasteiger partial charge in [0, 0.05) is 44.3 Å². The van der Waals surface area contributed by atoms with Crippen LogP contribution in [-0.4, -0.2) is 55.8 Å². The van der Waals surface area contributed by atoms with Crippen LogP contribution in [0, 0.1) is 5.92 Å². The summed E-state index contributed by atoms with van der Waals surface area (Å²) in [6.07, 6.45) is 3.58. The Morgan fingerprint density at radius 1 is 1.06 bits per heavy atom. The Labute approximate surface area is 202 Å². The molecule has 2 saturated heterocycles. The summed E-state index contributed by atoms with van der Waals surface area (Å²) >= 11 is 6.27. The standard InChI is InChI=1S/C25H32ClN3O3S/c1-19-6-5-13-29(17-19)33(31,32)24-16-21(9-10-23(24)26)25(30)27-22-11-14-28(15-12-22)18-20-7-3-2-4-8-20/h2-4,7-10,16,19,22H,5-6,11-15,17-18H2,1H3,(H,27,30). The molecule has 2 aliphatic rings. The van der Waals surface area contributed by atoms with Crippen molar-refractivity contribution in [1.82, 2.24) is 14.5 Å². The van der Waals surface area contributed by atoms with Crippen molar-refractivity contribution in [3.63, 3.8) is 0 Å². The minimum atomic E-state index is -3.74. The number of likely N-dealkylation sites (tertiary alicyclic amines) is 1. The Morgan fingerprint density at radius 2 is 1.79 bits per heavy atom. The SMILES string of the molecule is CC1CCCN(S(=O)(=O)c2cc(C(=O)NC3CCN(Cc4ccccc4)CC3)ccc2Cl)C1. The maximum atomic E-state index is 13.2. The molecule has 0 aliphatic carbocycles. The van der Waals surface area contributed by atoms with Crippen molar-refractivity contribution in [1.29, 1.82) is 0 Å². The lowest BCUT2D eigenvalue weighted by atomic mass is 10.0. The van der Waals surface area contributed by atoms with Gasteiger partial charge in [0.25, 0.3) is 5.91 Å². The lowest BCUT2D eigenvalue weighted by Crippen LogP contribution is -2.44. The molecule has 1 unspecified atom stereocenters. The van der Waals surface area contributed by atoms with Gasteiger partial charge in [-0.15, -0.1) is 0 Å². The summed E-state index contributed by atoms with van der Waals surface area (Å²) in [5.74, 6) is 0.0585. The van der Waals surface area contributed by atoms with E-state index in [9.17, 15) is 13.2 Å². The molecule has 1 N–H and O–H groups in total. The maximum Gasteiger partial charge on any atom is 0.251 e. The monoisotopic (exact) mass is 489 g/mol. The van der Waals surface area contributed by atoms with Crippen LogP contribution in [0.25, 0.3) is 0 Å². The van der Waals surface area contributed by atoms with Gasteiger partial charge in [0.1, 0.15) is 4.90 Å². The second-order valence-electron chi connectivity index (χ2n) is 9.27. The molecule has 0 spiro atoms. The molecule has 0 aromatic heterocycles. The van der Waals surface area contributed by atoms with E-state index in [0.717, 1.165) is 45.3 Å². The van der Waals surface area contributed by atoms with E-state index in [2.05, 4.69) is 41.4 Å². The van der Waals surface area contributed by atoms with E-state index in [-0.39, 0.29) is 21.9 Å². The number of nitrogens with zero attached hydrogens (tertiary/aromatic N) is 2. The molecule has 2 aliphatic heterocycles. The van der Waals surface area contributed by atoms with Gasteiger partial charge in [0.15, 0.2) is 0 Å². The van der Waals surface area contributed by atoms with Gasteiger partial charge in [0.05, 0.1) is 5.02 Å². The predicted octanol–water partition coefficient (Wildman–Crippen LogP) is 4.16. The predicted molar refractivity (Wildman–Crippen MR) is 131 cm³/mol. The summed E-state index contributed by atoms with van der Waals surface area (Å²) in [5.41, 5.74) is 1.62. The van der Waals surface area contributed by atoms with Crippen LogP contribution < -0.4 is 5.32 Å². The van der Waals surface area contributed by atoms with Gasteiger partial charge < -0.3 is 5.32 Å². The molecule has 2 aromatic rings. The molecule has 0 bridgehead atoms. The second-order valence-corrected chi connectivity index (χ2v) is 11.6. The minimum absolute atomic E-state index is 0.0172. The molecule has 4 rings (SSSR count). The lowest BCUT2D eigenvalue weighted by Gasteiger charge is -2.32. The van der Waals surface area contributed by atoms with E-state index < -0.39 is 10.0 Å². The zero-order valence-corrected chi connectivity index (χ0v) is 20.6. The molecule has 2 aromatic carbocycles. The highest BCUT2D eigenvalue weighted by atomic mass is 35.5. The first-order valence-electron chi connectivity index (χ1n) is 11.7. The van der Waals surface area contributed by atoms with Crippen molar-refractivity contribution in [2.45, 2.75) is 50.1 Å². The summed E-state index contributed by atoms with van der Waals surface area (Å²) in [6.45, 7) is 5.76. The van der Waals surface area contributed by atoms with Crippen LogP contribution in [0.3, 0.4) is 0 Å². The summed E-state index contributed by atoms with van der Waals surface area (Å²) in [7, 11) is -3.74. The van der Waals surface area contributed by atoms with Crippen molar-refractivity contribution in [2.75, 3.05) is 26.2 Å². The fourth-order valence-electron chi connectivity index (χ4n) is 4.69. The number of rotatable bonds is 6. The highest BCUT2D eigenvalue weighted by Crippen LogP contribution is 2.29. The zero-order valence-electron chi connectivity index (χ0n) is 19.0. The summed E-state index contributed by atoms with van der Waals surface area (Å²) in [5, 5.41) is 3.24. The van der Waals surface area contributed by atoms with Gasteiger partial charge in [-0.1, -0.05) is 48.9 Å². The first kappa shape index (κ1) is 24.2. The van der Waals surface area contributed by atoms with Crippen LogP contribution in [0.2, 0.25) is 5.02 Å². The number of sulfonamides is 1. The van der Waals surface area contributed by atoms with Crippen molar-refractivity contribution >= 4 is 27.5 Å². The van der Waals surface area contributed by atoms with Crippen LogP contribution in [0.5, 0.6) is 0 Å². The zero-order chi connectivity index (χ0) is 23.4. The van der Waals surface area contributed by atoms with E-state index in [1.54, 1.807) is 6.07 Å². The minimum Gasteiger partial charge on any atom is -0.349 e. The molecular formula is C25H32ClN3O3S. The summed E-state index contributed by atoms with van der Waals surface area (Å²) in [6, 6.07) is 15.0. The summed E-state index contributed by atoms with van der Waals surface area (Å²) in [4.78, 5) is 15.3. The number of hydrogen-bond acceptors (Lipinski definition) is 4. The molecule has 0 radical (unpaired) electrons. The normalized spacial score (nSPS) is 21.1. The third kappa shape index (κ3) is 5.96. The molecule has 2 fully saturated rings. The highest BCUT2D eigenvalue weighted by molar-refractivity contribution is 7.89. The number of piperidine rings is 2. The number of benzene rings is 2. The first-order valence-corrected chi connectivity index (χ1v) is 13.5. The van der Waals surface area contributed by atoms with Gasteiger partial charge in [-0.05, 0) is 55.4 Å². The fourth-order valence-corrected chi connectivity index (χ4v) is 6.79. The Balaban J connectivity index is 1.38. The molecule has 178 valence electrons. The quantitative estimate of drug-likeness (QED) is 0.661. The van der Waals surface area contributed by atoms with E-state index in [0.29, 0.717) is 24.6 Å². The van der Waals surface area contributed by atoms with Crippen LogP contribution in [0.15, 0.2) is 53.4 Å². The van der Waals surface area contributed by atoms with Crippen LogP contribution in [0.1, 0.15) is 48.5 Å². The molecular weight excluding hydrogens is 458 g/mol. The fraction of sp³-hybridized carbons (Fsp3) is 0.480. The van der Waals surface area contributed by atoms with Crippen molar-refractivity contribution in [3.05, 3.63) is 64.7 Å². The molecule has 1 amide bonds. The number of amides is 1. The molecule has 1 atom stereocenters. The number of carbonyl (C=O) groups excluding carboxylic acids is 1. The second kappa shape index (κ2) is 10.6. The Hall–Kier alpha value is -1.93. The van der Waals surface area contributed by atoms with E-state index in [1.807, 2.05) is 6.07 Å². The number of halogens is 1. The average Bonchev–Trinajstić information content (AvgIpc) is 2.81. The molecule has 8 heteroatoms. The lowest BCUT2D eigenvalue weighted by molar-refractivity contribution is 0.0908. The Kier molecular flexibility index (Phi) is 7.74. The number of carbonyl (C=O) groups is 1.